The fraction of sp³-hybridized carbons (Fsp3) is 0.538. The number of hydrogen-bond donors (Lipinski definition) is 1. The predicted molar refractivity (Wildman–Crippen MR) is 129 cm³/mol. The van der Waals surface area contributed by atoms with Crippen molar-refractivity contribution in [2.75, 3.05) is 38.3 Å². The van der Waals surface area contributed by atoms with E-state index in [1.54, 1.807) is 7.11 Å². The quantitative estimate of drug-likeness (QED) is 0.626. The number of carboxylic acids is 1. The highest BCUT2D eigenvalue weighted by molar-refractivity contribution is 5.88. The van der Waals surface area contributed by atoms with Crippen LogP contribution in [0.3, 0.4) is 0 Å². The Bertz CT molecular complexity index is 1090. The van der Waals surface area contributed by atoms with Gasteiger partial charge in [-0.2, -0.15) is 0 Å². The van der Waals surface area contributed by atoms with Crippen molar-refractivity contribution in [2.45, 2.75) is 52.5 Å². The number of anilines is 1. The van der Waals surface area contributed by atoms with Crippen LogP contribution in [0.5, 0.6) is 5.75 Å². The Labute approximate surface area is 194 Å². The molecule has 1 saturated heterocycles. The maximum atomic E-state index is 12.7. The Hall–Kier alpha value is -2.80. The van der Waals surface area contributed by atoms with Gasteiger partial charge in [-0.3, -0.25) is 4.79 Å². The lowest BCUT2D eigenvalue weighted by atomic mass is 9.78. The van der Waals surface area contributed by atoms with Crippen LogP contribution in [0.25, 0.3) is 11.3 Å². The molecular weight excluding hydrogens is 420 g/mol. The summed E-state index contributed by atoms with van der Waals surface area (Å²) in [6.07, 6.45) is 5.37. The number of rotatable bonds is 7. The number of carbonyl (C=O) groups is 1. The van der Waals surface area contributed by atoms with E-state index in [2.05, 4.69) is 37.8 Å². The Morgan fingerprint density at radius 2 is 1.88 bits per heavy atom. The number of fused-ring (bicyclic) bond motifs is 3. The number of methoxy groups -OCH3 is 1. The van der Waals surface area contributed by atoms with E-state index in [4.69, 9.17) is 9.47 Å². The molecule has 2 aliphatic heterocycles. The zero-order valence-electron chi connectivity index (χ0n) is 20.0. The zero-order chi connectivity index (χ0) is 23.8. The summed E-state index contributed by atoms with van der Waals surface area (Å²) in [5, 5.41) is 9.55. The number of benzene rings is 1. The normalized spacial score (nSPS) is 17.6. The van der Waals surface area contributed by atoms with Gasteiger partial charge in [0.2, 0.25) is 0 Å². The number of nitrogens with zero attached hydrogens (tertiary/aromatic N) is 2. The first-order valence-corrected chi connectivity index (χ1v) is 11.7. The first kappa shape index (κ1) is 23.4. The minimum absolute atomic E-state index is 0.0117. The lowest BCUT2D eigenvalue weighted by molar-refractivity contribution is 0.0693. The average Bonchev–Trinajstić information content (AvgIpc) is 3.29. The van der Waals surface area contributed by atoms with Crippen molar-refractivity contribution in [1.29, 1.82) is 0 Å². The van der Waals surface area contributed by atoms with Crippen molar-refractivity contribution in [2.24, 2.45) is 5.41 Å². The molecule has 1 aromatic heterocycles. The van der Waals surface area contributed by atoms with Gasteiger partial charge in [0.05, 0.1) is 18.0 Å². The highest BCUT2D eigenvalue weighted by atomic mass is 16.5. The second kappa shape index (κ2) is 9.21. The van der Waals surface area contributed by atoms with Crippen LogP contribution in [-0.4, -0.2) is 49.1 Å². The van der Waals surface area contributed by atoms with Gasteiger partial charge in [0.1, 0.15) is 11.3 Å². The molecule has 1 unspecified atom stereocenters. The molecule has 33 heavy (non-hydrogen) atoms. The minimum Gasteiger partial charge on any atom is -0.491 e. The fourth-order valence-corrected chi connectivity index (χ4v) is 4.94. The third kappa shape index (κ3) is 4.64. The molecule has 4 rings (SSSR count). The Morgan fingerprint density at radius 1 is 1.15 bits per heavy atom. The number of hydrogen-bond acceptors (Lipinski definition) is 5. The molecule has 1 N–H and O–H groups in total. The van der Waals surface area contributed by atoms with Crippen LogP contribution in [0, 0.1) is 5.41 Å². The van der Waals surface area contributed by atoms with Crippen molar-refractivity contribution < 1.29 is 19.4 Å². The van der Waals surface area contributed by atoms with Gasteiger partial charge < -0.3 is 24.0 Å². The number of pyridine rings is 1. The predicted octanol–water partition coefficient (Wildman–Crippen LogP) is 4.37. The van der Waals surface area contributed by atoms with Crippen LogP contribution in [0.2, 0.25) is 0 Å². The van der Waals surface area contributed by atoms with Crippen LogP contribution in [0.15, 0.2) is 29.2 Å². The summed E-state index contributed by atoms with van der Waals surface area (Å²) in [5.41, 5.74) is 3.14. The van der Waals surface area contributed by atoms with Gasteiger partial charge >= 0.3 is 5.97 Å². The summed E-state index contributed by atoms with van der Waals surface area (Å²) < 4.78 is 13.4. The van der Waals surface area contributed by atoms with E-state index in [9.17, 15) is 14.7 Å². The summed E-state index contributed by atoms with van der Waals surface area (Å²) in [6, 6.07) is 5.77. The van der Waals surface area contributed by atoms with Crippen LogP contribution < -0.4 is 15.1 Å². The summed E-state index contributed by atoms with van der Waals surface area (Å²) >= 11 is 0. The van der Waals surface area contributed by atoms with Crippen molar-refractivity contribution in [1.82, 2.24) is 4.57 Å². The molecule has 0 bridgehead atoms. The molecule has 3 heterocycles. The van der Waals surface area contributed by atoms with Crippen LogP contribution in [0.4, 0.5) is 5.69 Å². The molecule has 0 spiro atoms. The SMILES string of the molecule is COCCCOc1cc2c(cc1N1CCCC1)-c1cc(=O)c(C(=O)O)cn1C(C(C)(C)C)C2. The second-order valence-corrected chi connectivity index (χ2v) is 10.1. The monoisotopic (exact) mass is 454 g/mol. The molecular formula is C26H34N2O5. The van der Waals surface area contributed by atoms with Crippen molar-refractivity contribution in [3.8, 4) is 17.0 Å². The molecule has 0 radical (unpaired) electrons. The highest BCUT2D eigenvalue weighted by Crippen LogP contribution is 2.46. The van der Waals surface area contributed by atoms with E-state index in [1.807, 2.05) is 4.57 Å². The maximum Gasteiger partial charge on any atom is 0.341 e. The van der Waals surface area contributed by atoms with E-state index in [1.165, 1.54) is 12.3 Å². The average molecular weight is 455 g/mol. The minimum atomic E-state index is -1.19. The van der Waals surface area contributed by atoms with Crippen molar-refractivity contribution >= 4 is 11.7 Å². The number of aromatic carboxylic acids is 1. The zero-order valence-corrected chi connectivity index (χ0v) is 20.0. The van der Waals surface area contributed by atoms with Gasteiger partial charge in [-0.15, -0.1) is 0 Å². The lowest BCUT2D eigenvalue weighted by Crippen LogP contribution is -2.33. The molecule has 0 aliphatic carbocycles. The molecule has 7 nitrogen and oxygen atoms in total. The van der Waals surface area contributed by atoms with E-state index < -0.39 is 11.4 Å². The van der Waals surface area contributed by atoms with E-state index >= 15 is 0 Å². The molecule has 2 aliphatic rings. The van der Waals surface area contributed by atoms with Crippen LogP contribution in [-0.2, 0) is 11.2 Å². The number of ether oxygens (including phenoxy) is 2. The van der Waals surface area contributed by atoms with Crippen molar-refractivity contribution in [3.05, 3.63) is 45.7 Å². The van der Waals surface area contributed by atoms with E-state index in [-0.39, 0.29) is 17.0 Å². The molecule has 1 fully saturated rings. The van der Waals surface area contributed by atoms with Gasteiger partial charge in [0.15, 0.2) is 5.43 Å². The number of carboxylic acid groups (broad SMARTS) is 1. The standard InChI is InChI=1S/C26H34N2O5/c1-26(2,3)24-13-17-12-23(33-11-7-10-32-4)21(27-8-5-6-9-27)14-18(17)20-15-22(29)19(25(30)31)16-28(20)24/h12,14-16,24H,5-11,13H2,1-4H3,(H,30,31). The number of aromatic nitrogens is 1. The van der Waals surface area contributed by atoms with Crippen LogP contribution >= 0.6 is 0 Å². The molecule has 1 atom stereocenters. The summed E-state index contributed by atoms with van der Waals surface area (Å²) in [6.45, 7) is 9.61. The first-order chi connectivity index (χ1) is 15.7. The summed E-state index contributed by atoms with van der Waals surface area (Å²) in [5.74, 6) is -0.316. The molecule has 0 saturated carbocycles. The third-order valence-electron chi connectivity index (χ3n) is 6.72. The Balaban J connectivity index is 1.86. The molecule has 0 amide bonds. The molecule has 7 heteroatoms. The highest BCUT2D eigenvalue weighted by Gasteiger charge is 2.34. The van der Waals surface area contributed by atoms with Crippen LogP contribution in [0.1, 0.15) is 62.0 Å². The third-order valence-corrected chi connectivity index (χ3v) is 6.72. The first-order valence-electron chi connectivity index (χ1n) is 11.7. The van der Waals surface area contributed by atoms with Gasteiger partial charge in [-0.1, -0.05) is 20.8 Å². The van der Waals surface area contributed by atoms with Gasteiger partial charge in [0.25, 0.3) is 0 Å². The summed E-state index contributed by atoms with van der Waals surface area (Å²) in [7, 11) is 1.69. The fourth-order valence-electron chi connectivity index (χ4n) is 4.94. The van der Waals surface area contributed by atoms with Gasteiger partial charge in [0, 0.05) is 57.1 Å². The maximum absolute atomic E-state index is 12.7. The lowest BCUT2D eigenvalue weighted by Gasteiger charge is -2.39. The Morgan fingerprint density at radius 3 is 2.52 bits per heavy atom. The summed E-state index contributed by atoms with van der Waals surface area (Å²) in [4.78, 5) is 26.7. The van der Waals surface area contributed by atoms with E-state index in [0.29, 0.717) is 13.2 Å². The Kier molecular flexibility index (Phi) is 6.52. The second-order valence-electron chi connectivity index (χ2n) is 10.1. The molecule has 178 valence electrons. The largest absolute Gasteiger partial charge is 0.491 e. The molecule has 2 aromatic rings. The van der Waals surface area contributed by atoms with Gasteiger partial charge in [-0.05, 0) is 42.4 Å². The topological polar surface area (TPSA) is 81.0 Å². The van der Waals surface area contributed by atoms with Gasteiger partial charge in [-0.25, -0.2) is 4.79 Å². The van der Waals surface area contributed by atoms with E-state index in [0.717, 1.165) is 67.0 Å². The van der Waals surface area contributed by atoms with Crippen molar-refractivity contribution in [3.63, 3.8) is 0 Å². The smallest absolute Gasteiger partial charge is 0.341 e. The molecule has 1 aromatic carbocycles.